The quantitative estimate of drug-likeness (QED) is 0.465. The lowest BCUT2D eigenvalue weighted by Gasteiger charge is -2.11. The van der Waals surface area contributed by atoms with E-state index in [0.29, 0.717) is 16.3 Å². The molecule has 27 heavy (non-hydrogen) atoms. The Labute approximate surface area is 156 Å². The summed E-state index contributed by atoms with van der Waals surface area (Å²) >= 11 is 1.34. The van der Waals surface area contributed by atoms with E-state index >= 15 is 0 Å². The number of fused-ring (bicyclic) bond motifs is 1. The summed E-state index contributed by atoms with van der Waals surface area (Å²) in [6.07, 6.45) is -4.51. The topological polar surface area (TPSA) is 39.9 Å². The molecule has 0 radical (unpaired) electrons. The molecular weight excluding hydrogens is 375 g/mol. The van der Waals surface area contributed by atoms with E-state index in [-0.39, 0.29) is 22.4 Å². The van der Waals surface area contributed by atoms with E-state index in [1.807, 2.05) is 0 Å². The van der Waals surface area contributed by atoms with Crippen LogP contribution in [0.3, 0.4) is 0 Å². The molecule has 0 fully saturated rings. The molecule has 0 aliphatic heterocycles. The van der Waals surface area contributed by atoms with Gasteiger partial charge < -0.3 is 4.74 Å². The molecule has 0 atom stereocenters. The van der Waals surface area contributed by atoms with Crippen LogP contribution < -0.4 is 4.74 Å². The molecule has 0 saturated carbocycles. The summed E-state index contributed by atoms with van der Waals surface area (Å²) in [4.78, 5) is 5.18. The number of rotatable bonds is 3. The van der Waals surface area contributed by atoms with Crippen LogP contribution in [0, 0.1) is 6.92 Å². The SMILES string of the molecule is COc1ccc(-n2nc(C)c3c(C(F)(F)F)cc(-c4cccs4)nc32)cc1. The number of hydrogen-bond acceptors (Lipinski definition) is 4. The van der Waals surface area contributed by atoms with Crippen molar-refractivity contribution >= 4 is 22.4 Å². The third-order valence-electron chi connectivity index (χ3n) is 4.21. The second kappa shape index (κ2) is 6.38. The maximum atomic E-state index is 13.8. The van der Waals surface area contributed by atoms with Crippen molar-refractivity contribution < 1.29 is 17.9 Å². The van der Waals surface area contributed by atoms with Crippen molar-refractivity contribution in [3.05, 3.63) is 59.1 Å². The average Bonchev–Trinajstić information content (AvgIpc) is 3.29. The zero-order chi connectivity index (χ0) is 19.2. The van der Waals surface area contributed by atoms with E-state index < -0.39 is 11.7 Å². The number of halogens is 3. The molecule has 0 spiro atoms. The van der Waals surface area contributed by atoms with Crippen molar-refractivity contribution in [2.75, 3.05) is 7.11 Å². The van der Waals surface area contributed by atoms with Gasteiger partial charge in [0, 0.05) is 0 Å². The summed E-state index contributed by atoms with van der Waals surface area (Å²) in [5.74, 6) is 0.648. The third-order valence-corrected chi connectivity index (χ3v) is 5.10. The van der Waals surface area contributed by atoms with Gasteiger partial charge in [-0.2, -0.15) is 18.3 Å². The van der Waals surface area contributed by atoms with E-state index in [2.05, 4.69) is 10.1 Å². The number of hydrogen-bond donors (Lipinski definition) is 0. The Kier molecular flexibility index (Phi) is 4.15. The molecule has 4 nitrogen and oxygen atoms in total. The fraction of sp³-hybridized carbons (Fsp3) is 0.158. The van der Waals surface area contributed by atoms with Crippen molar-refractivity contribution in [1.82, 2.24) is 14.8 Å². The Balaban J connectivity index is 2.02. The summed E-state index contributed by atoms with van der Waals surface area (Å²) in [5.41, 5.74) is 0.611. The highest BCUT2D eigenvalue weighted by Crippen LogP contribution is 2.39. The maximum absolute atomic E-state index is 13.8. The molecular formula is C19H14F3N3OS. The van der Waals surface area contributed by atoms with Crippen LogP contribution in [0.5, 0.6) is 5.75 Å². The summed E-state index contributed by atoms with van der Waals surface area (Å²) < 4.78 is 47.8. The van der Waals surface area contributed by atoms with Crippen LogP contribution in [0.2, 0.25) is 0 Å². The summed E-state index contributed by atoms with van der Waals surface area (Å²) in [6.45, 7) is 1.56. The van der Waals surface area contributed by atoms with Crippen LogP contribution in [0.1, 0.15) is 11.3 Å². The van der Waals surface area contributed by atoms with Gasteiger partial charge in [-0.15, -0.1) is 11.3 Å². The number of ether oxygens (including phenoxy) is 1. The molecule has 0 saturated heterocycles. The predicted octanol–water partition coefficient (Wildman–Crippen LogP) is 5.48. The Morgan fingerprint density at radius 1 is 1.11 bits per heavy atom. The largest absolute Gasteiger partial charge is 0.497 e. The molecule has 0 aliphatic carbocycles. The lowest BCUT2D eigenvalue weighted by Crippen LogP contribution is -2.07. The van der Waals surface area contributed by atoms with Crippen LogP contribution in [0.15, 0.2) is 47.8 Å². The van der Waals surface area contributed by atoms with Crippen LogP contribution in [0.25, 0.3) is 27.3 Å². The van der Waals surface area contributed by atoms with Gasteiger partial charge in [-0.1, -0.05) is 6.07 Å². The summed E-state index contributed by atoms with van der Waals surface area (Å²) in [5, 5.41) is 6.15. The molecule has 0 aliphatic rings. The van der Waals surface area contributed by atoms with Crippen LogP contribution >= 0.6 is 11.3 Å². The maximum Gasteiger partial charge on any atom is 0.417 e. The zero-order valence-electron chi connectivity index (χ0n) is 14.4. The van der Waals surface area contributed by atoms with Gasteiger partial charge in [0.15, 0.2) is 5.65 Å². The standard InChI is InChI=1S/C19H14F3N3OS/c1-11-17-14(19(20,21)22)10-15(16-4-3-9-27-16)23-18(17)25(24-11)12-5-7-13(26-2)8-6-12/h3-10H,1-2H3. The molecule has 3 aromatic heterocycles. The first kappa shape index (κ1) is 17.5. The van der Waals surface area contributed by atoms with Gasteiger partial charge in [0.2, 0.25) is 0 Å². The molecule has 0 unspecified atom stereocenters. The highest BCUT2D eigenvalue weighted by molar-refractivity contribution is 7.13. The lowest BCUT2D eigenvalue weighted by atomic mass is 10.1. The number of aryl methyl sites for hydroxylation is 1. The third kappa shape index (κ3) is 3.06. The van der Waals surface area contributed by atoms with Gasteiger partial charge in [-0.05, 0) is 48.7 Å². The molecule has 4 aromatic rings. The lowest BCUT2D eigenvalue weighted by molar-refractivity contribution is -0.136. The minimum absolute atomic E-state index is 0.0126. The van der Waals surface area contributed by atoms with Crippen molar-refractivity contribution in [2.24, 2.45) is 0 Å². The van der Waals surface area contributed by atoms with Gasteiger partial charge in [0.05, 0.1) is 40.0 Å². The zero-order valence-corrected chi connectivity index (χ0v) is 15.2. The molecule has 0 bridgehead atoms. The second-order valence-corrected chi connectivity index (χ2v) is 6.87. The number of benzene rings is 1. The number of pyridine rings is 1. The van der Waals surface area contributed by atoms with Gasteiger partial charge in [0.1, 0.15) is 5.75 Å². The Morgan fingerprint density at radius 3 is 2.44 bits per heavy atom. The minimum atomic E-state index is -4.51. The Morgan fingerprint density at radius 2 is 1.85 bits per heavy atom. The smallest absolute Gasteiger partial charge is 0.417 e. The minimum Gasteiger partial charge on any atom is -0.497 e. The fourth-order valence-electron chi connectivity index (χ4n) is 2.97. The highest BCUT2D eigenvalue weighted by atomic mass is 32.1. The van der Waals surface area contributed by atoms with Crippen LogP contribution in [0.4, 0.5) is 13.2 Å². The number of methoxy groups -OCH3 is 1. The Hall–Kier alpha value is -2.87. The highest BCUT2D eigenvalue weighted by Gasteiger charge is 2.36. The first-order valence-electron chi connectivity index (χ1n) is 8.04. The number of alkyl halides is 3. The molecule has 0 N–H and O–H groups in total. The average molecular weight is 389 g/mol. The first-order valence-corrected chi connectivity index (χ1v) is 8.92. The van der Waals surface area contributed by atoms with Gasteiger partial charge in [-0.3, -0.25) is 0 Å². The molecule has 4 rings (SSSR count). The number of thiophene rings is 1. The summed E-state index contributed by atoms with van der Waals surface area (Å²) in [7, 11) is 1.55. The molecule has 0 amide bonds. The van der Waals surface area contributed by atoms with Gasteiger partial charge in [-0.25, -0.2) is 9.67 Å². The van der Waals surface area contributed by atoms with Crippen molar-refractivity contribution in [3.8, 4) is 22.0 Å². The van der Waals surface area contributed by atoms with E-state index in [9.17, 15) is 13.2 Å². The molecule has 3 heterocycles. The van der Waals surface area contributed by atoms with Crippen LogP contribution in [-0.4, -0.2) is 21.9 Å². The number of nitrogens with zero attached hydrogens (tertiary/aromatic N) is 3. The fourth-order valence-corrected chi connectivity index (χ4v) is 3.65. The van der Waals surface area contributed by atoms with Gasteiger partial charge >= 0.3 is 6.18 Å². The van der Waals surface area contributed by atoms with Crippen molar-refractivity contribution in [2.45, 2.75) is 13.1 Å². The molecule has 8 heteroatoms. The van der Waals surface area contributed by atoms with E-state index in [1.54, 1.807) is 55.8 Å². The normalized spacial score (nSPS) is 11.9. The van der Waals surface area contributed by atoms with Crippen LogP contribution in [-0.2, 0) is 6.18 Å². The van der Waals surface area contributed by atoms with E-state index in [4.69, 9.17) is 4.74 Å². The Bertz CT molecular complexity index is 1100. The monoisotopic (exact) mass is 389 g/mol. The first-order chi connectivity index (χ1) is 12.9. The van der Waals surface area contributed by atoms with E-state index in [1.165, 1.54) is 16.0 Å². The summed E-state index contributed by atoms with van der Waals surface area (Å²) in [6, 6.07) is 11.6. The van der Waals surface area contributed by atoms with E-state index in [0.717, 1.165) is 6.07 Å². The predicted molar refractivity (Wildman–Crippen MR) is 98.5 cm³/mol. The molecule has 1 aromatic carbocycles. The second-order valence-electron chi connectivity index (χ2n) is 5.92. The number of aromatic nitrogens is 3. The molecule has 138 valence electrons. The van der Waals surface area contributed by atoms with Gasteiger partial charge in [0.25, 0.3) is 0 Å². The van der Waals surface area contributed by atoms with Crippen molar-refractivity contribution in [3.63, 3.8) is 0 Å². The van der Waals surface area contributed by atoms with Crippen molar-refractivity contribution in [1.29, 1.82) is 0 Å².